The van der Waals surface area contributed by atoms with Gasteiger partial charge < -0.3 is 20.7 Å². The number of aromatic nitrogens is 3. The van der Waals surface area contributed by atoms with Gasteiger partial charge in [-0.2, -0.15) is 9.97 Å². The number of nitrogens with one attached hydrogen (secondary N) is 1. The Kier molecular flexibility index (Phi) is 8.48. The van der Waals surface area contributed by atoms with E-state index in [0.717, 1.165) is 82.1 Å². The first-order chi connectivity index (χ1) is 19.6. The van der Waals surface area contributed by atoms with Crippen LogP contribution in [0.3, 0.4) is 0 Å². The number of ether oxygens (including phenoxy) is 1. The predicted molar refractivity (Wildman–Crippen MR) is 161 cm³/mol. The number of benzene rings is 1. The van der Waals surface area contributed by atoms with Crippen LogP contribution >= 0.6 is 0 Å². The smallest absolute Gasteiger partial charge is 0.252 e. The van der Waals surface area contributed by atoms with Gasteiger partial charge in [-0.05, 0) is 81.3 Å². The summed E-state index contributed by atoms with van der Waals surface area (Å²) in [6.07, 6.45) is 10.6. The standard InChI is InChI=1S/C31H43N7O2/c32-29-27-12-13-28(39)38(26-6-2-1-3-7-26)30(27)35-31(34-29)33-24-8-10-25(11-9-24)37-17-14-23(15-18-37)5-4-16-36-19-21-40-22-20-36/h8-13,23,26H,1-7,14-22H2,(H3,32,33,34,35). The summed E-state index contributed by atoms with van der Waals surface area (Å²) < 4.78 is 7.30. The molecule has 6 rings (SSSR count). The maximum atomic E-state index is 12.9. The Morgan fingerprint density at radius 2 is 1.65 bits per heavy atom. The average Bonchev–Trinajstić information content (AvgIpc) is 2.99. The minimum Gasteiger partial charge on any atom is -0.383 e. The van der Waals surface area contributed by atoms with Gasteiger partial charge in [-0.3, -0.25) is 14.3 Å². The fraction of sp³-hybridized carbons (Fsp3) is 0.581. The molecule has 1 aromatic carbocycles. The van der Waals surface area contributed by atoms with Crippen molar-refractivity contribution in [2.75, 3.05) is 61.9 Å². The lowest BCUT2D eigenvalue weighted by Gasteiger charge is -2.34. The molecule has 2 aliphatic heterocycles. The van der Waals surface area contributed by atoms with E-state index >= 15 is 0 Å². The maximum absolute atomic E-state index is 12.9. The minimum absolute atomic E-state index is 0.0197. The second-order valence-corrected chi connectivity index (χ2v) is 11.7. The van der Waals surface area contributed by atoms with E-state index in [1.807, 2.05) is 4.57 Å². The normalized spacial score (nSPS) is 19.8. The Balaban J connectivity index is 1.07. The average molecular weight is 546 g/mol. The number of nitrogens with zero attached hydrogens (tertiary/aromatic N) is 5. The lowest BCUT2D eigenvalue weighted by molar-refractivity contribution is 0.0365. The van der Waals surface area contributed by atoms with E-state index in [9.17, 15) is 4.79 Å². The van der Waals surface area contributed by atoms with Crippen molar-refractivity contribution in [3.8, 4) is 0 Å². The van der Waals surface area contributed by atoms with Crippen molar-refractivity contribution in [1.82, 2.24) is 19.4 Å². The lowest BCUT2D eigenvalue weighted by atomic mass is 9.92. The SMILES string of the molecule is Nc1nc(Nc2ccc(N3CCC(CCCN4CCOCC4)CC3)cc2)nc2c1ccc(=O)n2C1CCCCC1. The van der Waals surface area contributed by atoms with Gasteiger partial charge >= 0.3 is 0 Å². The van der Waals surface area contributed by atoms with Crippen LogP contribution < -0.4 is 21.5 Å². The van der Waals surface area contributed by atoms with Crippen LogP contribution in [0.4, 0.5) is 23.1 Å². The Hall–Kier alpha value is -3.17. The third kappa shape index (κ3) is 6.25. The van der Waals surface area contributed by atoms with E-state index < -0.39 is 0 Å². The number of hydrogen-bond acceptors (Lipinski definition) is 8. The molecule has 1 saturated carbocycles. The minimum atomic E-state index is -0.0197. The van der Waals surface area contributed by atoms with Crippen molar-refractivity contribution in [2.45, 2.75) is 63.8 Å². The number of piperidine rings is 1. The van der Waals surface area contributed by atoms with Crippen molar-refractivity contribution < 1.29 is 4.74 Å². The van der Waals surface area contributed by atoms with E-state index in [4.69, 9.17) is 15.5 Å². The first-order valence-electron chi connectivity index (χ1n) is 15.2. The Morgan fingerprint density at radius 3 is 2.40 bits per heavy atom. The second-order valence-electron chi connectivity index (χ2n) is 11.7. The lowest BCUT2D eigenvalue weighted by Crippen LogP contribution is -2.37. The molecule has 214 valence electrons. The number of pyridine rings is 1. The van der Waals surface area contributed by atoms with Gasteiger partial charge in [0.2, 0.25) is 5.95 Å². The molecule has 3 aromatic rings. The number of nitrogens with two attached hydrogens (primary N) is 1. The molecule has 0 amide bonds. The zero-order valence-electron chi connectivity index (χ0n) is 23.6. The first-order valence-corrected chi connectivity index (χ1v) is 15.2. The van der Waals surface area contributed by atoms with Gasteiger partial charge in [-0.15, -0.1) is 0 Å². The van der Waals surface area contributed by atoms with Gasteiger partial charge in [0.15, 0.2) is 5.65 Å². The molecule has 9 heteroatoms. The van der Waals surface area contributed by atoms with Gasteiger partial charge in [0, 0.05) is 49.7 Å². The summed E-state index contributed by atoms with van der Waals surface area (Å²) in [5.74, 6) is 1.65. The Bertz CT molecular complexity index is 1320. The van der Waals surface area contributed by atoms with Crippen LogP contribution in [0.5, 0.6) is 0 Å². The molecular formula is C31H43N7O2. The Labute approximate surface area is 236 Å². The third-order valence-corrected chi connectivity index (χ3v) is 9.05. The number of hydrogen-bond donors (Lipinski definition) is 2. The highest BCUT2D eigenvalue weighted by atomic mass is 16.5. The zero-order chi connectivity index (χ0) is 27.3. The summed E-state index contributed by atoms with van der Waals surface area (Å²) in [6.45, 7) is 7.38. The molecule has 0 unspecified atom stereocenters. The van der Waals surface area contributed by atoms with Crippen LogP contribution in [-0.2, 0) is 4.74 Å². The Morgan fingerprint density at radius 1 is 0.900 bits per heavy atom. The van der Waals surface area contributed by atoms with Crippen molar-refractivity contribution >= 4 is 34.2 Å². The quantitative estimate of drug-likeness (QED) is 0.410. The molecule has 0 atom stereocenters. The van der Waals surface area contributed by atoms with Crippen molar-refractivity contribution in [3.05, 3.63) is 46.8 Å². The van der Waals surface area contributed by atoms with E-state index in [1.165, 1.54) is 44.3 Å². The van der Waals surface area contributed by atoms with Crippen molar-refractivity contribution in [1.29, 1.82) is 0 Å². The number of rotatable bonds is 8. The highest BCUT2D eigenvalue weighted by molar-refractivity contribution is 5.87. The number of morpholine rings is 1. The summed E-state index contributed by atoms with van der Waals surface area (Å²) in [7, 11) is 0. The molecule has 2 saturated heterocycles. The summed E-state index contributed by atoms with van der Waals surface area (Å²) in [6, 6.07) is 12.0. The molecule has 0 spiro atoms. The highest BCUT2D eigenvalue weighted by Crippen LogP contribution is 2.31. The molecule has 4 heterocycles. The van der Waals surface area contributed by atoms with Gasteiger partial charge in [0.25, 0.3) is 5.56 Å². The van der Waals surface area contributed by atoms with Gasteiger partial charge in [-0.25, -0.2) is 0 Å². The van der Waals surface area contributed by atoms with Crippen molar-refractivity contribution in [2.24, 2.45) is 5.92 Å². The van der Waals surface area contributed by atoms with Crippen LogP contribution in [0.15, 0.2) is 41.2 Å². The molecule has 2 aromatic heterocycles. The van der Waals surface area contributed by atoms with Crippen LogP contribution in [0.25, 0.3) is 11.0 Å². The summed E-state index contributed by atoms with van der Waals surface area (Å²) >= 11 is 0. The molecular weight excluding hydrogens is 502 g/mol. The summed E-state index contributed by atoms with van der Waals surface area (Å²) in [4.78, 5) is 27.2. The second kappa shape index (κ2) is 12.6. The third-order valence-electron chi connectivity index (χ3n) is 9.05. The van der Waals surface area contributed by atoms with E-state index in [-0.39, 0.29) is 11.6 Å². The highest BCUT2D eigenvalue weighted by Gasteiger charge is 2.22. The molecule has 0 radical (unpaired) electrons. The van der Waals surface area contributed by atoms with Crippen LogP contribution in [-0.4, -0.2) is 65.4 Å². The van der Waals surface area contributed by atoms with Crippen molar-refractivity contribution in [3.63, 3.8) is 0 Å². The number of anilines is 4. The topological polar surface area (TPSA) is 102 Å². The van der Waals surface area contributed by atoms with Crippen LogP contribution in [0.2, 0.25) is 0 Å². The zero-order valence-corrected chi connectivity index (χ0v) is 23.6. The summed E-state index contributed by atoms with van der Waals surface area (Å²) in [5, 5.41) is 4.06. The van der Waals surface area contributed by atoms with Gasteiger partial charge in [0.05, 0.1) is 18.6 Å². The fourth-order valence-corrected chi connectivity index (χ4v) is 6.70. The first kappa shape index (κ1) is 27.0. The monoisotopic (exact) mass is 545 g/mol. The van der Waals surface area contributed by atoms with E-state index in [2.05, 4.69) is 44.4 Å². The van der Waals surface area contributed by atoms with E-state index in [1.54, 1.807) is 12.1 Å². The molecule has 3 N–H and O–H groups in total. The van der Waals surface area contributed by atoms with E-state index in [0.29, 0.717) is 17.4 Å². The largest absolute Gasteiger partial charge is 0.383 e. The molecule has 0 bridgehead atoms. The fourth-order valence-electron chi connectivity index (χ4n) is 6.70. The number of fused-ring (bicyclic) bond motifs is 1. The molecule has 3 aliphatic rings. The van der Waals surface area contributed by atoms with Crippen LogP contribution in [0.1, 0.15) is 63.8 Å². The van der Waals surface area contributed by atoms with Crippen LogP contribution in [0, 0.1) is 5.92 Å². The molecule has 40 heavy (non-hydrogen) atoms. The molecule has 3 fully saturated rings. The number of nitrogen functional groups attached to an aromatic ring is 1. The molecule has 1 aliphatic carbocycles. The molecule has 9 nitrogen and oxygen atoms in total. The maximum Gasteiger partial charge on any atom is 0.252 e. The van der Waals surface area contributed by atoms with Gasteiger partial charge in [0.1, 0.15) is 5.82 Å². The predicted octanol–water partition coefficient (Wildman–Crippen LogP) is 4.95. The van der Waals surface area contributed by atoms with Gasteiger partial charge in [-0.1, -0.05) is 19.3 Å². The summed E-state index contributed by atoms with van der Waals surface area (Å²) in [5.41, 5.74) is 9.10.